The quantitative estimate of drug-likeness (QED) is 0.398. The molecular weight excluding hydrogens is 483 g/mol. The molecule has 2 aromatic carbocycles. The van der Waals surface area contributed by atoms with Crippen molar-refractivity contribution < 1.29 is 54.2 Å². The first kappa shape index (κ1) is 27.3. The van der Waals surface area contributed by atoms with E-state index in [0.717, 1.165) is 18.2 Å². The number of hydrogen-bond donors (Lipinski definition) is 1. The van der Waals surface area contributed by atoms with Gasteiger partial charge in [-0.3, -0.25) is 4.79 Å². The molecule has 0 spiro atoms. The third-order valence-corrected chi connectivity index (χ3v) is 4.73. The van der Waals surface area contributed by atoms with Crippen LogP contribution in [0.3, 0.4) is 0 Å². The molecule has 0 fully saturated rings. The van der Waals surface area contributed by atoms with Crippen LogP contribution in [0.15, 0.2) is 36.4 Å². The number of carbonyl (C=O) groups is 1. The van der Waals surface area contributed by atoms with Crippen molar-refractivity contribution in [3.05, 3.63) is 53.1 Å². The molecule has 0 amide bonds. The maximum absolute atomic E-state index is 13.8. The summed E-state index contributed by atoms with van der Waals surface area (Å²) >= 11 is 0. The summed E-state index contributed by atoms with van der Waals surface area (Å²) in [6, 6.07) is 3.96. The summed E-state index contributed by atoms with van der Waals surface area (Å²) in [6.07, 6.45) is -15.1. The van der Waals surface area contributed by atoms with E-state index in [9.17, 15) is 49.4 Å². The van der Waals surface area contributed by atoms with Crippen molar-refractivity contribution in [3.8, 4) is 16.9 Å². The number of hydrogen-bond acceptors (Lipinski definition) is 2. The fraction of sp³-hybridized carbons (Fsp3) is 0.409. The van der Waals surface area contributed by atoms with Crippen molar-refractivity contribution >= 4 is 5.97 Å². The Balaban J connectivity index is 2.82. The lowest BCUT2D eigenvalue weighted by Crippen LogP contribution is -2.22. The molecule has 2 rings (SSSR count). The van der Waals surface area contributed by atoms with Crippen LogP contribution in [0.4, 0.5) is 39.5 Å². The number of alkyl halides is 9. The molecule has 3 nitrogen and oxygen atoms in total. The summed E-state index contributed by atoms with van der Waals surface area (Å²) in [5, 5.41) is 9.55. The van der Waals surface area contributed by atoms with E-state index in [4.69, 9.17) is 0 Å². The second kappa shape index (κ2) is 9.75. The van der Waals surface area contributed by atoms with Gasteiger partial charge in [-0.1, -0.05) is 26.0 Å². The van der Waals surface area contributed by atoms with Gasteiger partial charge in [-0.05, 0) is 47.7 Å². The molecular formula is C22H19F9O3. The van der Waals surface area contributed by atoms with Gasteiger partial charge >= 0.3 is 24.5 Å². The summed E-state index contributed by atoms with van der Waals surface area (Å²) < 4.78 is 123. The fourth-order valence-corrected chi connectivity index (χ4v) is 3.28. The Bertz CT molecular complexity index is 1000. The topological polar surface area (TPSA) is 46.5 Å². The minimum atomic E-state index is -5.25. The van der Waals surface area contributed by atoms with Crippen molar-refractivity contribution in [1.82, 2.24) is 0 Å². The maximum atomic E-state index is 13.8. The Morgan fingerprint density at radius 1 is 0.912 bits per heavy atom. The number of carboxylic acid groups (broad SMARTS) is 1. The van der Waals surface area contributed by atoms with Crippen LogP contribution < -0.4 is 4.74 Å². The SMILES string of the molecule is CC(C)C[C@H](C(=O)O)c1cc(-c2ccc(C(F)(F)F)cc2)c(OCC(F)(F)F)c(C(F)(F)F)c1. The monoisotopic (exact) mass is 502 g/mol. The fourth-order valence-electron chi connectivity index (χ4n) is 3.28. The zero-order valence-electron chi connectivity index (χ0n) is 17.7. The first-order valence-corrected chi connectivity index (χ1v) is 9.75. The first-order chi connectivity index (χ1) is 15.4. The zero-order valence-corrected chi connectivity index (χ0v) is 17.7. The van der Waals surface area contributed by atoms with Crippen LogP contribution in [0.1, 0.15) is 42.9 Å². The number of aliphatic carboxylic acids is 1. The van der Waals surface area contributed by atoms with Crippen LogP contribution in [0.2, 0.25) is 0 Å². The van der Waals surface area contributed by atoms with Gasteiger partial charge in [0.2, 0.25) is 0 Å². The molecule has 1 atom stereocenters. The Labute approximate surface area is 188 Å². The minimum absolute atomic E-state index is 0.0954. The van der Waals surface area contributed by atoms with Gasteiger partial charge in [-0.15, -0.1) is 0 Å². The third kappa shape index (κ3) is 7.04. The predicted octanol–water partition coefficient (Wildman–Crippen LogP) is 7.55. The summed E-state index contributed by atoms with van der Waals surface area (Å²) in [5.41, 5.74) is -4.10. The highest BCUT2D eigenvalue weighted by Gasteiger charge is 2.39. The Morgan fingerprint density at radius 3 is 1.88 bits per heavy atom. The summed E-state index contributed by atoms with van der Waals surface area (Å²) in [7, 11) is 0. The second-order valence-corrected chi connectivity index (χ2v) is 7.94. The lowest BCUT2D eigenvalue weighted by molar-refractivity contribution is -0.158. The van der Waals surface area contributed by atoms with Crippen molar-refractivity contribution in [3.63, 3.8) is 0 Å². The Morgan fingerprint density at radius 2 is 1.47 bits per heavy atom. The van der Waals surface area contributed by atoms with Crippen LogP contribution >= 0.6 is 0 Å². The average Bonchev–Trinajstić information content (AvgIpc) is 2.67. The van der Waals surface area contributed by atoms with Gasteiger partial charge in [-0.25, -0.2) is 0 Å². The van der Waals surface area contributed by atoms with E-state index in [0.29, 0.717) is 18.2 Å². The molecule has 0 radical (unpaired) electrons. The molecule has 0 saturated heterocycles. The second-order valence-electron chi connectivity index (χ2n) is 7.94. The van der Waals surface area contributed by atoms with E-state index in [1.807, 2.05) is 0 Å². The molecule has 0 aliphatic heterocycles. The standard InChI is InChI=1S/C22H19F9O3/c1-11(2)7-16(19(32)33)13-8-15(12-3-5-14(6-4-12)21(26,27)28)18(34-10-20(23,24)25)17(9-13)22(29,30)31/h3-6,8-9,11,16H,7,10H2,1-2H3,(H,32,33)/t16-/m0/s1. The van der Waals surface area contributed by atoms with Crippen LogP contribution in [0.5, 0.6) is 5.75 Å². The van der Waals surface area contributed by atoms with E-state index in [1.54, 1.807) is 13.8 Å². The van der Waals surface area contributed by atoms with Crippen molar-refractivity contribution in [2.24, 2.45) is 5.92 Å². The van der Waals surface area contributed by atoms with Crippen LogP contribution in [-0.4, -0.2) is 23.9 Å². The highest BCUT2D eigenvalue weighted by atomic mass is 19.4. The molecule has 0 heterocycles. The highest BCUT2D eigenvalue weighted by molar-refractivity contribution is 5.80. The van der Waals surface area contributed by atoms with Crippen molar-refractivity contribution in [1.29, 1.82) is 0 Å². The van der Waals surface area contributed by atoms with Crippen LogP contribution in [0.25, 0.3) is 11.1 Å². The molecule has 0 aliphatic carbocycles. The van der Waals surface area contributed by atoms with Crippen LogP contribution in [-0.2, 0) is 17.1 Å². The number of carboxylic acids is 1. The smallest absolute Gasteiger partial charge is 0.422 e. The molecule has 0 unspecified atom stereocenters. The van der Waals surface area contributed by atoms with E-state index in [2.05, 4.69) is 4.74 Å². The van der Waals surface area contributed by atoms with Gasteiger partial charge in [-0.2, -0.15) is 39.5 Å². The van der Waals surface area contributed by atoms with Crippen molar-refractivity contribution in [2.45, 2.75) is 44.7 Å². The lowest BCUT2D eigenvalue weighted by atomic mass is 9.86. The van der Waals surface area contributed by atoms with E-state index in [-0.39, 0.29) is 23.5 Å². The van der Waals surface area contributed by atoms with E-state index < -0.39 is 59.5 Å². The van der Waals surface area contributed by atoms with Crippen molar-refractivity contribution in [2.75, 3.05) is 6.61 Å². The van der Waals surface area contributed by atoms with E-state index in [1.165, 1.54) is 0 Å². The van der Waals surface area contributed by atoms with E-state index >= 15 is 0 Å². The molecule has 188 valence electrons. The van der Waals surface area contributed by atoms with Gasteiger partial charge in [0.05, 0.1) is 17.0 Å². The predicted molar refractivity (Wildman–Crippen MR) is 103 cm³/mol. The minimum Gasteiger partial charge on any atom is -0.483 e. The number of benzene rings is 2. The maximum Gasteiger partial charge on any atom is 0.422 e. The molecule has 2 aromatic rings. The summed E-state index contributed by atoms with van der Waals surface area (Å²) in [4.78, 5) is 11.8. The molecule has 34 heavy (non-hydrogen) atoms. The third-order valence-electron chi connectivity index (χ3n) is 4.73. The molecule has 0 bridgehead atoms. The van der Waals surface area contributed by atoms with Crippen LogP contribution in [0, 0.1) is 5.92 Å². The Kier molecular flexibility index (Phi) is 7.84. The van der Waals surface area contributed by atoms with Gasteiger partial charge in [0.1, 0.15) is 5.75 Å². The number of halogens is 9. The number of ether oxygens (including phenoxy) is 1. The molecule has 0 saturated carbocycles. The van der Waals surface area contributed by atoms with Gasteiger partial charge in [0, 0.05) is 5.56 Å². The molecule has 0 aliphatic rings. The summed E-state index contributed by atoms with van der Waals surface area (Å²) in [6.45, 7) is 1.15. The number of rotatable bonds is 7. The molecule has 0 aromatic heterocycles. The average molecular weight is 502 g/mol. The summed E-state index contributed by atoms with van der Waals surface area (Å²) in [5.74, 6) is -4.46. The Hall–Kier alpha value is -2.92. The van der Waals surface area contributed by atoms with Gasteiger partial charge in [0.15, 0.2) is 6.61 Å². The van der Waals surface area contributed by atoms with Gasteiger partial charge in [0.25, 0.3) is 0 Å². The molecule has 12 heteroatoms. The lowest BCUT2D eigenvalue weighted by Gasteiger charge is -2.23. The van der Waals surface area contributed by atoms with Gasteiger partial charge < -0.3 is 9.84 Å². The largest absolute Gasteiger partial charge is 0.483 e. The highest BCUT2D eigenvalue weighted by Crippen LogP contribution is 2.45. The normalized spacial score (nSPS) is 13.8. The zero-order chi connectivity index (χ0) is 26.1. The molecule has 1 N–H and O–H groups in total. The first-order valence-electron chi connectivity index (χ1n) is 9.75.